The van der Waals surface area contributed by atoms with Gasteiger partial charge in [-0.1, -0.05) is 18.2 Å². The van der Waals surface area contributed by atoms with Gasteiger partial charge in [0.2, 0.25) is 0 Å². The number of imide groups is 1. The average molecular weight is 396 g/mol. The molecule has 2 aromatic heterocycles. The van der Waals surface area contributed by atoms with Crippen LogP contribution in [0.2, 0.25) is 0 Å². The van der Waals surface area contributed by atoms with Gasteiger partial charge in [-0.3, -0.25) is 14.5 Å². The molecule has 1 unspecified atom stereocenters. The van der Waals surface area contributed by atoms with E-state index in [-0.39, 0.29) is 11.8 Å². The fraction of sp³-hybridized carbons (Fsp3) is 0.238. The number of quaternary nitrogens is 1. The van der Waals surface area contributed by atoms with Crippen LogP contribution in [0.3, 0.4) is 0 Å². The van der Waals surface area contributed by atoms with Gasteiger partial charge in [0.1, 0.15) is 6.04 Å². The van der Waals surface area contributed by atoms with Crippen molar-refractivity contribution < 1.29 is 14.5 Å². The molecule has 6 heteroatoms. The highest BCUT2D eigenvalue weighted by molar-refractivity contribution is 7.10. The van der Waals surface area contributed by atoms with Crippen molar-refractivity contribution in [1.82, 2.24) is 4.90 Å². The van der Waals surface area contributed by atoms with Crippen molar-refractivity contribution >= 4 is 34.5 Å². The predicted octanol–water partition coefficient (Wildman–Crippen LogP) is 2.64. The Bertz CT molecular complexity index is 974. The normalized spacial score (nSPS) is 21.4. The average Bonchev–Trinajstić information content (AvgIpc) is 3.42. The highest BCUT2D eigenvalue weighted by atomic mass is 32.1. The van der Waals surface area contributed by atoms with Gasteiger partial charge in [0.15, 0.2) is 0 Å². The molecule has 2 aliphatic heterocycles. The van der Waals surface area contributed by atoms with E-state index in [1.165, 1.54) is 25.1 Å². The standard InChI is InChI=1S/C21H18N2O2S2/c24-20-14-4-1-2-5-15(14)21(25)23(20)11-10-22-9-7-17-16(8-13-27-17)19(22)18-6-3-12-26-18/h1-6,8,12-13,19H,7,9-11H2/p+1/t19-/m0/s1. The first-order valence-electron chi connectivity index (χ1n) is 9.13. The summed E-state index contributed by atoms with van der Waals surface area (Å²) >= 11 is 3.62. The van der Waals surface area contributed by atoms with E-state index in [1.54, 1.807) is 23.5 Å². The molecule has 136 valence electrons. The first kappa shape index (κ1) is 16.9. The lowest BCUT2D eigenvalue weighted by Gasteiger charge is -2.33. The molecule has 3 aromatic rings. The van der Waals surface area contributed by atoms with Crippen molar-refractivity contribution in [2.24, 2.45) is 0 Å². The molecular weight excluding hydrogens is 376 g/mol. The Hall–Kier alpha value is -2.28. The SMILES string of the molecule is O=C1c2ccccc2C(=O)N1CC[NH+]1CCc2sccc2[C@H]1c1cccs1. The van der Waals surface area contributed by atoms with Crippen LogP contribution in [0, 0.1) is 0 Å². The fourth-order valence-electron chi connectivity index (χ4n) is 4.23. The number of hydrogen-bond acceptors (Lipinski definition) is 4. The monoisotopic (exact) mass is 395 g/mol. The van der Waals surface area contributed by atoms with E-state index in [0.717, 1.165) is 19.5 Å². The van der Waals surface area contributed by atoms with Gasteiger partial charge < -0.3 is 4.90 Å². The Labute approximate surface area is 165 Å². The Balaban J connectivity index is 1.38. The van der Waals surface area contributed by atoms with Gasteiger partial charge >= 0.3 is 0 Å². The maximum atomic E-state index is 12.6. The first-order chi connectivity index (χ1) is 13.2. The molecule has 27 heavy (non-hydrogen) atoms. The molecule has 0 aliphatic carbocycles. The summed E-state index contributed by atoms with van der Waals surface area (Å²) in [5.41, 5.74) is 2.48. The van der Waals surface area contributed by atoms with Crippen LogP contribution in [-0.2, 0) is 6.42 Å². The molecule has 2 aliphatic rings. The number of amides is 2. The second-order valence-corrected chi connectivity index (χ2v) is 8.94. The Morgan fingerprint density at radius 3 is 2.44 bits per heavy atom. The van der Waals surface area contributed by atoms with Crippen LogP contribution in [0.4, 0.5) is 0 Å². The summed E-state index contributed by atoms with van der Waals surface area (Å²) in [6, 6.07) is 14.0. The molecule has 0 saturated heterocycles. The molecular formula is C21H19N2O2S2+. The van der Waals surface area contributed by atoms with E-state index in [4.69, 9.17) is 0 Å². The molecule has 4 heterocycles. The van der Waals surface area contributed by atoms with E-state index in [2.05, 4.69) is 29.0 Å². The summed E-state index contributed by atoms with van der Waals surface area (Å²) < 4.78 is 0. The van der Waals surface area contributed by atoms with Gasteiger partial charge in [-0.25, -0.2) is 0 Å². The Morgan fingerprint density at radius 2 is 1.74 bits per heavy atom. The molecule has 4 nitrogen and oxygen atoms in total. The number of nitrogens with one attached hydrogen (secondary N) is 1. The third-order valence-electron chi connectivity index (χ3n) is 5.53. The minimum Gasteiger partial charge on any atom is -0.322 e. The molecule has 2 atom stereocenters. The number of carbonyl (C=O) groups is 2. The van der Waals surface area contributed by atoms with Crippen LogP contribution in [-0.4, -0.2) is 36.3 Å². The van der Waals surface area contributed by atoms with Crippen LogP contribution in [0.25, 0.3) is 0 Å². The maximum absolute atomic E-state index is 12.6. The quantitative estimate of drug-likeness (QED) is 0.690. The van der Waals surface area contributed by atoms with E-state index in [1.807, 2.05) is 23.5 Å². The second-order valence-electron chi connectivity index (χ2n) is 6.96. The molecule has 1 aromatic carbocycles. The lowest BCUT2D eigenvalue weighted by molar-refractivity contribution is -0.926. The van der Waals surface area contributed by atoms with Crippen molar-refractivity contribution in [1.29, 1.82) is 0 Å². The molecule has 0 radical (unpaired) electrons. The highest BCUT2D eigenvalue weighted by Crippen LogP contribution is 2.31. The zero-order valence-corrected chi connectivity index (χ0v) is 16.3. The van der Waals surface area contributed by atoms with Gasteiger partial charge in [0.05, 0.1) is 35.6 Å². The molecule has 2 amide bonds. The van der Waals surface area contributed by atoms with Crippen molar-refractivity contribution in [3.05, 3.63) is 79.7 Å². The minimum atomic E-state index is -0.157. The van der Waals surface area contributed by atoms with Crippen LogP contribution in [0.5, 0.6) is 0 Å². The third-order valence-corrected chi connectivity index (χ3v) is 7.47. The highest BCUT2D eigenvalue weighted by Gasteiger charge is 2.38. The number of hydrogen-bond donors (Lipinski definition) is 1. The molecule has 0 bridgehead atoms. The van der Waals surface area contributed by atoms with E-state index >= 15 is 0 Å². The van der Waals surface area contributed by atoms with Crippen LogP contribution >= 0.6 is 22.7 Å². The van der Waals surface area contributed by atoms with Gasteiger partial charge in [-0.05, 0) is 35.0 Å². The number of rotatable bonds is 4. The molecule has 5 rings (SSSR count). The fourth-order valence-corrected chi connectivity index (χ4v) is 6.05. The maximum Gasteiger partial charge on any atom is 0.261 e. The molecule has 0 spiro atoms. The zero-order chi connectivity index (χ0) is 18.4. The van der Waals surface area contributed by atoms with Crippen LogP contribution in [0.1, 0.15) is 42.1 Å². The van der Waals surface area contributed by atoms with Crippen LogP contribution < -0.4 is 4.90 Å². The van der Waals surface area contributed by atoms with Crippen molar-refractivity contribution in [3.63, 3.8) is 0 Å². The summed E-state index contributed by atoms with van der Waals surface area (Å²) in [4.78, 5) is 31.0. The number of nitrogens with zero attached hydrogens (tertiary/aromatic N) is 1. The summed E-state index contributed by atoms with van der Waals surface area (Å²) in [5, 5.41) is 4.30. The Kier molecular flexibility index (Phi) is 4.19. The van der Waals surface area contributed by atoms with Gasteiger partial charge in [0.25, 0.3) is 11.8 Å². The molecule has 0 saturated carbocycles. The number of thiophene rings is 2. The van der Waals surface area contributed by atoms with Crippen molar-refractivity contribution in [2.45, 2.75) is 12.5 Å². The third kappa shape index (κ3) is 2.76. The number of carbonyl (C=O) groups excluding carboxylic acids is 2. The zero-order valence-electron chi connectivity index (χ0n) is 14.7. The summed E-state index contributed by atoms with van der Waals surface area (Å²) in [6.45, 7) is 2.26. The summed E-state index contributed by atoms with van der Waals surface area (Å²) in [7, 11) is 0. The smallest absolute Gasteiger partial charge is 0.261 e. The van der Waals surface area contributed by atoms with E-state index in [9.17, 15) is 9.59 Å². The lowest BCUT2D eigenvalue weighted by Crippen LogP contribution is -3.14. The van der Waals surface area contributed by atoms with Gasteiger partial charge in [-0.15, -0.1) is 22.7 Å². The Morgan fingerprint density at radius 1 is 0.963 bits per heavy atom. The van der Waals surface area contributed by atoms with Gasteiger partial charge in [-0.2, -0.15) is 0 Å². The van der Waals surface area contributed by atoms with Crippen LogP contribution in [0.15, 0.2) is 53.2 Å². The summed E-state index contributed by atoms with van der Waals surface area (Å²) in [5.74, 6) is -0.313. The molecule has 0 fully saturated rings. The van der Waals surface area contributed by atoms with E-state index < -0.39 is 0 Å². The number of benzene rings is 1. The predicted molar refractivity (Wildman–Crippen MR) is 107 cm³/mol. The largest absolute Gasteiger partial charge is 0.322 e. The molecule has 1 N–H and O–H groups in total. The summed E-state index contributed by atoms with van der Waals surface area (Å²) in [6.07, 6.45) is 1.06. The topological polar surface area (TPSA) is 41.8 Å². The van der Waals surface area contributed by atoms with Gasteiger partial charge in [0, 0.05) is 16.9 Å². The number of fused-ring (bicyclic) bond motifs is 2. The van der Waals surface area contributed by atoms with E-state index in [0.29, 0.717) is 23.7 Å². The minimum absolute atomic E-state index is 0.157. The second kappa shape index (κ2) is 6.71. The van der Waals surface area contributed by atoms with Crippen molar-refractivity contribution in [2.75, 3.05) is 19.6 Å². The van der Waals surface area contributed by atoms with Crippen molar-refractivity contribution in [3.8, 4) is 0 Å². The lowest BCUT2D eigenvalue weighted by atomic mass is 9.98. The first-order valence-corrected chi connectivity index (χ1v) is 10.9.